The normalized spacial score (nSPS) is 22.0. The second kappa shape index (κ2) is 6.17. The van der Waals surface area contributed by atoms with E-state index in [4.69, 9.17) is 5.73 Å². The van der Waals surface area contributed by atoms with Gasteiger partial charge >= 0.3 is 6.18 Å². The van der Waals surface area contributed by atoms with Gasteiger partial charge in [-0.25, -0.2) is 0 Å². The van der Waals surface area contributed by atoms with Crippen LogP contribution in [0.1, 0.15) is 22.5 Å². The van der Waals surface area contributed by atoms with E-state index in [0.29, 0.717) is 5.69 Å². The molecule has 0 bridgehead atoms. The van der Waals surface area contributed by atoms with Crippen LogP contribution < -0.4 is 5.73 Å². The number of alkyl halides is 3. The maximum Gasteiger partial charge on any atom is 0.419 e. The number of nitrogens with two attached hydrogens (primary N) is 1. The SMILES string of the molecule is Cl.NCc1cc(C(=O)N2CCC(O)(C(F)(F)F)C2)ccn1. The van der Waals surface area contributed by atoms with Crippen molar-refractivity contribution in [3.05, 3.63) is 29.6 Å². The summed E-state index contributed by atoms with van der Waals surface area (Å²) in [6.07, 6.45) is -3.89. The highest BCUT2D eigenvalue weighted by molar-refractivity contribution is 5.94. The minimum Gasteiger partial charge on any atom is -0.379 e. The number of hydrogen-bond donors (Lipinski definition) is 2. The van der Waals surface area contributed by atoms with Gasteiger partial charge in [0.05, 0.1) is 12.2 Å². The van der Waals surface area contributed by atoms with E-state index in [1.54, 1.807) is 0 Å². The highest BCUT2D eigenvalue weighted by atomic mass is 35.5. The Hall–Kier alpha value is -1.38. The minimum absolute atomic E-state index is 0. The van der Waals surface area contributed by atoms with Crippen LogP contribution in [0.2, 0.25) is 0 Å². The number of pyridine rings is 1. The van der Waals surface area contributed by atoms with Gasteiger partial charge in [0.1, 0.15) is 0 Å². The number of amides is 1. The zero-order chi connectivity index (χ0) is 15.0. The van der Waals surface area contributed by atoms with Crippen LogP contribution in [-0.4, -0.2) is 45.8 Å². The molecular weight excluding hydrogens is 311 g/mol. The molecule has 118 valence electrons. The van der Waals surface area contributed by atoms with Gasteiger partial charge in [0, 0.05) is 31.3 Å². The van der Waals surface area contributed by atoms with Crippen LogP contribution in [0, 0.1) is 0 Å². The first-order valence-corrected chi connectivity index (χ1v) is 6.00. The molecule has 9 heteroatoms. The molecule has 1 aromatic heterocycles. The average molecular weight is 326 g/mol. The molecule has 21 heavy (non-hydrogen) atoms. The fourth-order valence-corrected chi connectivity index (χ4v) is 2.10. The van der Waals surface area contributed by atoms with Crippen molar-refractivity contribution in [2.75, 3.05) is 13.1 Å². The Bertz CT molecular complexity index is 527. The van der Waals surface area contributed by atoms with Gasteiger partial charge in [0.25, 0.3) is 5.91 Å². The first-order valence-electron chi connectivity index (χ1n) is 6.00. The maximum atomic E-state index is 12.7. The van der Waals surface area contributed by atoms with Crippen LogP contribution in [0.15, 0.2) is 18.3 Å². The summed E-state index contributed by atoms with van der Waals surface area (Å²) in [6, 6.07) is 2.85. The summed E-state index contributed by atoms with van der Waals surface area (Å²) in [5.74, 6) is -0.567. The summed E-state index contributed by atoms with van der Waals surface area (Å²) in [5.41, 5.74) is 3.26. The molecule has 0 aromatic carbocycles. The zero-order valence-electron chi connectivity index (χ0n) is 10.9. The van der Waals surface area contributed by atoms with Crippen molar-refractivity contribution in [3.8, 4) is 0 Å². The average Bonchev–Trinajstić information content (AvgIpc) is 2.81. The summed E-state index contributed by atoms with van der Waals surface area (Å²) in [7, 11) is 0. The molecule has 3 N–H and O–H groups in total. The molecule has 1 aromatic rings. The van der Waals surface area contributed by atoms with Crippen molar-refractivity contribution in [2.45, 2.75) is 24.7 Å². The first-order chi connectivity index (χ1) is 9.27. The molecule has 0 spiro atoms. The number of nitrogens with zero attached hydrogens (tertiary/aromatic N) is 2. The van der Waals surface area contributed by atoms with Gasteiger partial charge in [-0.15, -0.1) is 12.4 Å². The van der Waals surface area contributed by atoms with E-state index in [-0.39, 0.29) is 31.1 Å². The van der Waals surface area contributed by atoms with Crippen LogP contribution >= 0.6 is 12.4 Å². The van der Waals surface area contributed by atoms with Gasteiger partial charge in [-0.3, -0.25) is 9.78 Å². The van der Waals surface area contributed by atoms with E-state index < -0.39 is 30.7 Å². The Kier molecular flexibility index (Phi) is 5.19. The van der Waals surface area contributed by atoms with Crippen molar-refractivity contribution < 1.29 is 23.1 Å². The molecular formula is C12H15ClF3N3O2. The van der Waals surface area contributed by atoms with Gasteiger partial charge in [0.15, 0.2) is 5.60 Å². The molecule has 5 nitrogen and oxygen atoms in total. The van der Waals surface area contributed by atoms with Gasteiger partial charge < -0.3 is 15.7 Å². The van der Waals surface area contributed by atoms with Crippen molar-refractivity contribution in [1.29, 1.82) is 0 Å². The lowest BCUT2D eigenvalue weighted by Gasteiger charge is -2.25. The van der Waals surface area contributed by atoms with Crippen LogP contribution in [0.3, 0.4) is 0 Å². The summed E-state index contributed by atoms with van der Waals surface area (Å²) >= 11 is 0. The lowest BCUT2D eigenvalue weighted by molar-refractivity contribution is -0.253. The van der Waals surface area contributed by atoms with Gasteiger partial charge in [-0.05, 0) is 12.1 Å². The third-order valence-corrected chi connectivity index (χ3v) is 3.34. The van der Waals surface area contributed by atoms with Crippen molar-refractivity contribution in [3.63, 3.8) is 0 Å². The molecule has 1 atom stereocenters. The second-order valence-corrected chi connectivity index (χ2v) is 4.75. The number of hydrogen-bond acceptors (Lipinski definition) is 4. The van der Waals surface area contributed by atoms with Crippen LogP contribution in [0.25, 0.3) is 0 Å². The highest BCUT2D eigenvalue weighted by Gasteiger charge is 2.57. The van der Waals surface area contributed by atoms with Gasteiger partial charge in [-0.2, -0.15) is 13.2 Å². The molecule has 2 heterocycles. The monoisotopic (exact) mass is 325 g/mol. The number of likely N-dealkylation sites (tertiary alicyclic amines) is 1. The topological polar surface area (TPSA) is 79.5 Å². The Balaban J connectivity index is 0.00000220. The Morgan fingerprint density at radius 1 is 1.52 bits per heavy atom. The van der Waals surface area contributed by atoms with E-state index in [9.17, 15) is 23.1 Å². The van der Waals surface area contributed by atoms with Gasteiger partial charge in [0.2, 0.25) is 0 Å². The Labute approximate surface area is 125 Å². The van der Waals surface area contributed by atoms with Crippen molar-refractivity contribution in [2.24, 2.45) is 5.73 Å². The van der Waals surface area contributed by atoms with Crippen LogP contribution in [-0.2, 0) is 6.54 Å². The number of carbonyl (C=O) groups excluding carboxylic acids is 1. The zero-order valence-corrected chi connectivity index (χ0v) is 11.7. The largest absolute Gasteiger partial charge is 0.419 e. The fourth-order valence-electron chi connectivity index (χ4n) is 2.10. The third kappa shape index (κ3) is 3.45. The number of aliphatic hydroxyl groups is 1. The predicted octanol–water partition coefficient (Wildman–Crippen LogP) is 1.10. The minimum atomic E-state index is -4.75. The highest BCUT2D eigenvalue weighted by Crippen LogP contribution is 2.37. The van der Waals surface area contributed by atoms with Crippen LogP contribution in [0.4, 0.5) is 13.2 Å². The summed E-state index contributed by atoms with van der Waals surface area (Å²) in [6.45, 7) is -0.766. The number of rotatable bonds is 2. The molecule has 0 aliphatic carbocycles. The standard InChI is InChI=1S/C12H14F3N3O2.ClH/c13-12(14,15)11(20)2-4-18(7-11)10(19)8-1-3-17-9(5-8)6-16;/h1,3,5,20H,2,4,6-7,16H2;1H. The Morgan fingerprint density at radius 3 is 2.71 bits per heavy atom. The molecule has 0 saturated carbocycles. The van der Waals surface area contributed by atoms with Crippen molar-refractivity contribution in [1.82, 2.24) is 9.88 Å². The predicted molar refractivity (Wildman–Crippen MR) is 70.9 cm³/mol. The Morgan fingerprint density at radius 2 is 2.19 bits per heavy atom. The smallest absolute Gasteiger partial charge is 0.379 e. The second-order valence-electron chi connectivity index (χ2n) is 4.75. The summed E-state index contributed by atoms with van der Waals surface area (Å²) in [5, 5.41) is 9.54. The molecule has 1 aliphatic heterocycles. The summed E-state index contributed by atoms with van der Waals surface area (Å²) < 4.78 is 38.1. The third-order valence-electron chi connectivity index (χ3n) is 3.34. The number of halogens is 4. The van der Waals surface area contributed by atoms with Crippen molar-refractivity contribution >= 4 is 18.3 Å². The maximum absolute atomic E-state index is 12.7. The number of carbonyl (C=O) groups is 1. The van der Waals surface area contributed by atoms with Gasteiger partial charge in [-0.1, -0.05) is 0 Å². The van der Waals surface area contributed by atoms with E-state index in [2.05, 4.69) is 4.98 Å². The number of aromatic nitrogens is 1. The first kappa shape index (κ1) is 17.7. The molecule has 1 amide bonds. The van der Waals surface area contributed by atoms with E-state index in [1.807, 2.05) is 0 Å². The summed E-state index contributed by atoms with van der Waals surface area (Å²) in [4.78, 5) is 17.0. The molecule has 1 saturated heterocycles. The fraction of sp³-hybridized carbons (Fsp3) is 0.500. The molecule has 0 radical (unpaired) electrons. The molecule has 2 rings (SSSR count). The quantitative estimate of drug-likeness (QED) is 0.853. The molecule has 1 aliphatic rings. The van der Waals surface area contributed by atoms with E-state index in [0.717, 1.165) is 4.90 Å². The van der Waals surface area contributed by atoms with E-state index in [1.165, 1.54) is 18.3 Å². The van der Waals surface area contributed by atoms with E-state index >= 15 is 0 Å². The lowest BCUT2D eigenvalue weighted by Crippen LogP contribution is -2.48. The number of β-amino-alcohol motifs (C(OH)–C–C–N with tert-alkyl or cyclic N) is 1. The molecule has 1 unspecified atom stereocenters. The lowest BCUT2D eigenvalue weighted by atomic mass is 10.0. The molecule has 1 fully saturated rings. The van der Waals surface area contributed by atoms with Crippen LogP contribution in [0.5, 0.6) is 0 Å².